The molecular weight excluding hydrogens is 416 g/mol. The number of nitrogens with one attached hydrogen (secondary N) is 2. The Morgan fingerprint density at radius 1 is 1.10 bits per heavy atom. The second-order valence-corrected chi connectivity index (χ2v) is 9.28. The predicted molar refractivity (Wildman–Crippen MR) is 110 cm³/mol. The van der Waals surface area contributed by atoms with E-state index in [1.165, 1.54) is 18.3 Å². The molecule has 8 nitrogen and oxygen atoms in total. The average Bonchev–Trinajstić information content (AvgIpc) is 3.14. The highest BCUT2D eigenvalue weighted by atomic mass is 32.2. The molecule has 1 aromatic carbocycles. The zero-order valence-electron chi connectivity index (χ0n) is 16.0. The van der Waals surface area contributed by atoms with Crippen LogP contribution in [0.5, 0.6) is 0 Å². The first-order valence-corrected chi connectivity index (χ1v) is 11.5. The number of esters is 1. The summed E-state index contributed by atoms with van der Waals surface area (Å²) < 4.78 is 29.5. The standard InChI is InChI=1S/C19H22N2O6S2/c1-13(21-18(23)14-6-4-3-5-7-14)19(24)27-12-16(22)17-9-8-15(28-17)10-11-20-29(2,25)26/h3-9,13,20H,10-12H2,1-2H3,(H,21,23)/t13-/m0/s1. The second-order valence-electron chi connectivity index (χ2n) is 6.27. The molecule has 1 heterocycles. The maximum atomic E-state index is 12.2. The number of Topliss-reactive ketones (excluding diaryl/α,β-unsaturated/α-hetero) is 1. The van der Waals surface area contributed by atoms with Gasteiger partial charge in [-0.05, 0) is 37.6 Å². The lowest BCUT2D eigenvalue weighted by atomic mass is 10.2. The van der Waals surface area contributed by atoms with E-state index in [0.29, 0.717) is 16.9 Å². The Labute approximate surface area is 173 Å². The summed E-state index contributed by atoms with van der Waals surface area (Å²) in [5.41, 5.74) is 0.416. The van der Waals surface area contributed by atoms with E-state index >= 15 is 0 Å². The molecule has 1 aromatic heterocycles. The average molecular weight is 439 g/mol. The van der Waals surface area contributed by atoms with Crippen molar-refractivity contribution in [2.24, 2.45) is 0 Å². The molecule has 0 aliphatic heterocycles. The van der Waals surface area contributed by atoms with E-state index in [1.54, 1.807) is 42.5 Å². The van der Waals surface area contributed by atoms with Gasteiger partial charge in [0.1, 0.15) is 6.04 Å². The molecule has 0 radical (unpaired) electrons. The number of sulfonamides is 1. The van der Waals surface area contributed by atoms with Gasteiger partial charge in [-0.3, -0.25) is 9.59 Å². The fourth-order valence-corrected chi connectivity index (χ4v) is 3.69. The maximum Gasteiger partial charge on any atom is 0.328 e. The van der Waals surface area contributed by atoms with Gasteiger partial charge in [0.05, 0.1) is 11.1 Å². The minimum Gasteiger partial charge on any atom is -0.456 e. The van der Waals surface area contributed by atoms with Crippen LogP contribution in [0.1, 0.15) is 31.8 Å². The summed E-state index contributed by atoms with van der Waals surface area (Å²) in [5.74, 6) is -1.49. The second kappa shape index (κ2) is 10.3. The molecule has 2 aromatic rings. The topological polar surface area (TPSA) is 119 Å². The van der Waals surface area contributed by atoms with Crippen LogP contribution in [0.15, 0.2) is 42.5 Å². The number of benzene rings is 1. The minimum atomic E-state index is -3.26. The Morgan fingerprint density at radius 2 is 1.79 bits per heavy atom. The van der Waals surface area contributed by atoms with Crippen LogP contribution in [0, 0.1) is 0 Å². The van der Waals surface area contributed by atoms with Gasteiger partial charge >= 0.3 is 5.97 Å². The van der Waals surface area contributed by atoms with Crippen LogP contribution in [0.2, 0.25) is 0 Å². The molecule has 0 spiro atoms. The molecule has 0 fully saturated rings. The molecule has 1 atom stereocenters. The Kier molecular flexibility index (Phi) is 8.06. The van der Waals surface area contributed by atoms with Gasteiger partial charge in [-0.1, -0.05) is 18.2 Å². The molecule has 156 valence electrons. The molecule has 2 rings (SSSR count). The number of amides is 1. The van der Waals surface area contributed by atoms with Crippen molar-refractivity contribution in [1.29, 1.82) is 0 Å². The lowest BCUT2D eigenvalue weighted by molar-refractivity contribution is -0.144. The smallest absolute Gasteiger partial charge is 0.328 e. The molecular formula is C19H22N2O6S2. The van der Waals surface area contributed by atoms with Crippen molar-refractivity contribution in [3.05, 3.63) is 57.8 Å². The minimum absolute atomic E-state index is 0.237. The van der Waals surface area contributed by atoms with E-state index in [0.717, 1.165) is 11.1 Å². The fraction of sp³-hybridized carbons (Fsp3) is 0.316. The summed E-state index contributed by atoms with van der Waals surface area (Å²) in [4.78, 5) is 37.5. The Bertz CT molecular complexity index is 970. The van der Waals surface area contributed by atoms with Crippen LogP contribution in [-0.4, -0.2) is 51.5 Å². The Balaban J connectivity index is 1.79. The van der Waals surface area contributed by atoms with Crippen LogP contribution < -0.4 is 10.0 Å². The number of rotatable bonds is 10. The molecule has 0 aliphatic carbocycles. The first-order valence-electron chi connectivity index (χ1n) is 8.75. The summed E-state index contributed by atoms with van der Waals surface area (Å²) in [6, 6.07) is 10.9. The van der Waals surface area contributed by atoms with E-state index in [4.69, 9.17) is 4.74 Å². The van der Waals surface area contributed by atoms with Crippen molar-refractivity contribution in [2.45, 2.75) is 19.4 Å². The van der Waals surface area contributed by atoms with Gasteiger partial charge in [0.15, 0.2) is 6.61 Å². The van der Waals surface area contributed by atoms with Gasteiger partial charge < -0.3 is 10.1 Å². The van der Waals surface area contributed by atoms with Crippen LogP contribution in [0.4, 0.5) is 0 Å². The Morgan fingerprint density at radius 3 is 2.45 bits per heavy atom. The van der Waals surface area contributed by atoms with E-state index in [-0.39, 0.29) is 12.3 Å². The quantitative estimate of drug-likeness (QED) is 0.427. The van der Waals surface area contributed by atoms with Crippen LogP contribution in [-0.2, 0) is 26.0 Å². The van der Waals surface area contributed by atoms with E-state index in [2.05, 4.69) is 10.0 Å². The number of carbonyl (C=O) groups is 3. The fourth-order valence-electron chi connectivity index (χ4n) is 2.28. The molecule has 0 saturated carbocycles. The zero-order chi connectivity index (χ0) is 21.4. The third-order valence-corrected chi connectivity index (χ3v) is 5.67. The Hall–Kier alpha value is -2.56. The lowest BCUT2D eigenvalue weighted by Gasteiger charge is -2.13. The summed E-state index contributed by atoms with van der Waals surface area (Å²) in [6.07, 6.45) is 1.53. The highest BCUT2D eigenvalue weighted by Gasteiger charge is 2.20. The summed E-state index contributed by atoms with van der Waals surface area (Å²) in [7, 11) is -3.26. The van der Waals surface area contributed by atoms with Crippen molar-refractivity contribution < 1.29 is 27.5 Å². The summed E-state index contributed by atoms with van der Waals surface area (Å²) in [6.45, 7) is 1.28. The monoisotopic (exact) mass is 438 g/mol. The normalized spacial score (nSPS) is 12.2. The molecule has 0 saturated heterocycles. The van der Waals surface area contributed by atoms with Crippen molar-refractivity contribution in [3.63, 3.8) is 0 Å². The van der Waals surface area contributed by atoms with Crippen molar-refractivity contribution in [2.75, 3.05) is 19.4 Å². The number of ketones is 1. The van der Waals surface area contributed by atoms with E-state index < -0.39 is 34.5 Å². The van der Waals surface area contributed by atoms with Gasteiger partial charge in [-0.15, -0.1) is 11.3 Å². The maximum absolute atomic E-state index is 12.2. The van der Waals surface area contributed by atoms with Crippen molar-refractivity contribution in [1.82, 2.24) is 10.0 Å². The number of ether oxygens (including phenoxy) is 1. The van der Waals surface area contributed by atoms with E-state index in [1.807, 2.05) is 0 Å². The highest BCUT2D eigenvalue weighted by Crippen LogP contribution is 2.17. The van der Waals surface area contributed by atoms with Gasteiger partial charge in [0.25, 0.3) is 5.91 Å². The zero-order valence-corrected chi connectivity index (χ0v) is 17.6. The van der Waals surface area contributed by atoms with Crippen LogP contribution in [0.3, 0.4) is 0 Å². The number of hydrogen-bond donors (Lipinski definition) is 2. The number of carbonyl (C=O) groups excluding carboxylic acids is 3. The summed E-state index contributed by atoms with van der Waals surface area (Å²) in [5, 5.41) is 2.52. The number of thiophene rings is 1. The first-order chi connectivity index (χ1) is 13.7. The van der Waals surface area contributed by atoms with Crippen molar-refractivity contribution in [3.8, 4) is 0 Å². The van der Waals surface area contributed by atoms with Gasteiger partial charge in [-0.2, -0.15) is 0 Å². The molecule has 0 bridgehead atoms. The molecule has 1 amide bonds. The van der Waals surface area contributed by atoms with Gasteiger partial charge in [0, 0.05) is 17.0 Å². The van der Waals surface area contributed by atoms with Crippen molar-refractivity contribution >= 4 is 39.0 Å². The first kappa shape index (κ1) is 22.7. The lowest BCUT2D eigenvalue weighted by Crippen LogP contribution is -2.40. The third-order valence-electron chi connectivity index (χ3n) is 3.75. The van der Waals surface area contributed by atoms with Gasteiger partial charge in [0.2, 0.25) is 15.8 Å². The highest BCUT2D eigenvalue weighted by molar-refractivity contribution is 7.88. The third kappa shape index (κ3) is 7.76. The number of hydrogen-bond acceptors (Lipinski definition) is 7. The molecule has 2 N–H and O–H groups in total. The largest absolute Gasteiger partial charge is 0.456 e. The van der Waals surface area contributed by atoms with E-state index in [9.17, 15) is 22.8 Å². The molecule has 0 unspecified atom stereocenters. The molecule has 10 heteroatoms. The van der Waals surface area contributed by atoms with Crippen LogP contribution in [0.25, 0.3) is 0 Å². The van der Waals surface area contributed by atoms with Gasteiger partial charge in [-0.25, -0.2) is 17.9 Å². The molecule has 29 heavy (non-hydrogen) atoms. The predicted octanol–water partition coefficient (Wildman–Crippen LogP) is 1.38. The molecule has 0 aliphatic rings. The SMILES string of the molecule is C[C@H](NC(=O)c1ccccc1)C(=O)OCC(=O)c1ccc(CCNS(C)(=O)=O)s1. The van der Waals surface area contributed by atoms with Crippen LogP contribution >= 0.6 is 11.3 Å². The summed E-state index contributed by atoms with van der Waals surface area (Å²) >= 11 is 1.21.